The summed E-state index contributed by atoms with van der Waals surface area (Å²) in [6, 6.07) is -1.23. The molecule has 1 fully saturated rings. The van der Waals surface area contributed by atoms with E-state index < -0.39 is 12.0 Å². The standard InChI is InChI=1S/C13H20N4O3/c18-12(19)11(7-10-8-14-9-15-10)16-13(20)17-5-3-1-2-4-6-17/h8-9,11H,1-7H2,(H,14,15)(H,16,20)(H,18,19). The highest BCUT2D eigenvalue weighted by Gasteiger charge is 2.24. The fourth-order valence-corrected chi connectivity index (χ4v) is 2.33. The fraction of sp³-hybridized carbons (Fsp3) is 0.615. The summed E-state index contributed by atoms with van der Waals surface area (Å²) in [4.78, 5) is 31.8. The van der Waals surface area contributed by atoms with Gasteiger partial charge in [0.15, 0.2) is 0 Å². The van der Waals surface area contributed by atoms with Gasteiger partial charge >= 0.3 is 12.0 Å². The maximum atomic E-state index is 12.1. The van der Waals surface area contributed by atoms with Gasteiger partial charge in [-0.2, -0.15) is 0 Å². The molecule has 20 heavy (non-hydrogen) atoms. The zero-order chi connectivity index (χ0) is 14.4. The van der Waals surface area contributed by atoms with Crippen molar-refractivity contribution in [3.8, 4) is 0 Å². The van der Waals surface area contributed by atoms with Gasteiger partial charge in [-0.15, -0.1) is 0 Å². The number of carbonyl (C=O) groups excluding carboxylic acids is 1. The van der Waals surface area contributed by atoms with Crippen LogP contribution in [0.2, 0.25) is 0 Å². The summed E-state index contributed by atoms with van der Waals surface area (Å²) >= 11 is 0. The molecule has 2 heterocycles. The Labute approximate surface area is 117 Å². The summed E-state index contributed by atoms with van der Waals surface area (Å²) in [7, 11) is 0. The van der Waals surface area contributed by atoms with Crippen molar-refractivity contribution in [2.45, 2.75) is 38.1 Å². The predicted molar refractivity (Wildman–Crippen MR) is 72.3 cm³/mol. The molecule has 110 valence electrons. The van der Waals surface area contributed by atoms with Crippen LogP contribution in [-0.4, -0.2) is 51.1 Å². The zero-order valence-electron chi connectivity index (χ0n) is 11.3. The van der Waals surface area contributed by atoms with E-state index in [1.54, 1.807) is 11.1 Å². The Morgan fingerprint density at radius 2 is 2.05 bits per heavy atom. The number of amides is 2. The topological polar surface area (TPSA) is 98.3 Å². The van der Waals surface area contributed by atoms with E-state index in [4.69, 9.17) is 0 Å². The third kappa shape index (κ3) is 3.97. The van der Waals surface area contributed by atoms with Gasteiger partial charge in [0.05, 0.1) is 6.33 Å². The highest BCUT2D eigenvalue weighted by molar-refractivity contribution is 5.82. The molecule has 1 unspecified atom stereocenters. The van der Waals surface area contributed by atoms with Gasteiger partial charge in [0.2, 0.25) is 0 Å². The second-order valence-corrected chi connectivity index (χ2v) is 5.02. The van der Waals surface area contributed by atoms with Crippen LogP contribution in [-0.2, 0) is 11.2 Å². The first-order valence-corrected chi connectivity index (χ1v) is 6.92. The number of H-pyrrole nitrogens is 1. The molecular weight excluding hydrogens is 260 g/mol. The van der Waals surface area contributed by atoms with E-state index in [1.165, 1.54) is 6.33 Å². The number of carboxylic acids is 1. The minimum absolute atomic E-state index is 0.203. The molecule has 0 aliphatic carbocycles. The van der Waals surface area contributed by atoms with Crippen molar-refractivity contribution in [3.63, 3.8) is 0 Å². The van der Waals surface area contributed by atoms with E-state index in [0.29, 0.717) is 18.8 Å². The molecule has 1 saturated heterocycles. The molecule has 0 radical (unpaired) electrons. The minimum Gasteiger partial charge on any atom is -0.480 e. The molecule has 7 heteroatoms. The number of hydrogen-bond donors (Lipinski definition) is 3. The average molecular weight is 280 g/mol. The Hall–Kier alpha value is -2.05. The molecule has 1 aromatic heterocycles. The number of aromatic nitrogens is 2. The van der Waals surface area contributed by atoms with Gasteiger partial charge in [0.1, 0.15) is 6.04 Å². The summed E-state index contributed by atoms with van der Waals surface area (Å²) < 4.78 is 0. The van der Waals surface area contributed by atoms with Gasteiger partial charge in [-0.1, -0.05) is 12.8 Å². The summed E-state index contributed by atoms with van der Waals surface area (Å²) in [6.45, 7) is 1.39. The van der Waals surface area contributed by atoms with E-state index >= 15 is 0 Å². The number of likely N-dealkylation sites (tertiary alicyclic amines) is 1. The Kier molecular flexibility index (Phi) is 4.97. The van der Waals surface area contributed by atoms with E-state index in [-0.39, 0.29) is 12.5 Å². The monoisotopic (exact) mass is 280 g/mol. The molecule has 0 bridgehead atoms. The maximum Gasteiger partial charge on any atom is 0.326 e. The van der Waals surface area contributed by atoms with Crippen molar-refractivity contribution < 1.29 is 14.7 Å². The first-order valence-electron chi connectivity index (χ1n) is 6.92. The Morgan fingerprint density at radius 1 is 1.35 bits per heavy atom. The van der Waals surface area contributed by atoms with Crippen LogP contribution in [0.3, 0.4) is 0 Å². The highest BCUT2D eigenvalue weighted by atomic mass is 16.4. The largest absolute Gasteiger partial charge is 0.480 e. The third-order valence-corrected chi connectivity index (χ3v) is 3.47. The van der Waals surface area contributed by atoms with Crippen LogP contribution in [0.4, 0.5) is 4.79 Å². The molecule has 3 N–H and O–H groups in total. The number of nitrogens with zero attached hydrogens (tertiary/aromatic N) is 2. The maximum absolute atomic E-state index is 12.1. The normalized spacial score (nSPS) is 17.3. The number of rotatable bonds is 4. The molecule has 7 nitrogen and oxygen atoms in total. The number of urea groups is 1. The lowest BCUT2D eigenvalue weighted by Gasteiger charge is -2.23. The number of nitrogens with one attached hydrogen (secondary N) is 2. The van der Waals surface area contributed by atoms with E-state index in [0.717, 1.165) is 25.7 Å². The van der Waals surface area contributed by atoms with E-state index in [9.17, 15) is 14.7 Å². The molecule has 1 atom stereocenters. The van der Waals surface area contributed by atoms with Crippen LogP contribution >= 0.6 is 0 Å². The summed E-state index contributed by atoms with van der Waals surface area (Å²) in [5.41, 5.74) is 0.688. The van der Waals surface area contributed by atoms with Crippen molar-refractivity contribution >= 4 is 12.0 Å². The first kappa shape index (κ1) is 14.4. The highest BCUT2D eigenvalue weighted by Crippen LogP contribution is 2.10. The molecule has 1 aromatic rings. The van der Waals surface area contributed by atoms with Gasteiger partial charge in [-0.05, 0) is 12.8 Å². The van der Waals surface area contributed by atoms with E-state index in [1.807, 2.05) is 0 Å². The number of carbonyl (C=O) groups is 2. The lowest BCUT2D eigenvalue weighted by molar-refractivity contribution is -0.139. The number of hydrogen-bond acceptors (Lipinski definition) is 3. The SMILES string of the molecule is O=C(O)C(Cc1cnc[nH]1)NC(=O)N1CCCCCC1. The summed E-state index contributed by atoms with van der Waals surface area (Å²) in [5.74, 6) is -1.04. The van der Waals surface area contributed by atoms with Gasteiger partial charge in [-0.25, -0.2) is 14.6 Å². The van der Waals surface area contributed by atoms with Crippen LogP contribution in [0, 0.1) is 0 Å². The lowest BCUT2D eigenvalue weighted by Crippen LogP contribution is -2.49. The molecular formula is C13H20N4O3. The second-order valence-electron chi connectivity index (χ2n) is 5.02. The Balaban J connectivity index is 1.93. The van der Waals surface area contributed by atoms with Crippen molar-refractivity contribution in [1.29, 1.82) is 0 Å². The van der Waals surface area contributed by atoms with Crippen molar-refractivity contribution in [1.82, 2.24) is 20.2 Å². The van der Waals surface area contributed by atoms with Gasteiger partial charge < -0.3 is 20.3 Å². The minimum atomic E-state index is -1.04. The van der Waals surface area contributed by atoms with Crippen LogP contribution in [0.5, 0.6) is 0 Å². The second kappa shape index (κ2) is 6.93. The molecule has 2 amide bonds. The van der Waals surface area contributed by atoms with Gasteiger partial charge in [0.25, 0.3) is 0 Å². The van der Waals surface area contributed by atoms with Crippen LogP contribution < -0.4 is 5.32 Å². The molecule has 1 aliphatic rings. The van der Waals surface area contributed by atoms with Gasteiger partial charge in [0, 0.05) is 31.4 Å². The van der Waals surface area contributed by atoms with Crippen LogP contribution in [0.25, 0.3) is 0 Å². The van der Waals surface area contributed by atoms with Gasteiger partial charge in [-0.3, -0.25) is 0 Å². The summed E-state index contributed by atoms with van der Waals surface area (Å²) in [5, 5.41) is 11.8. The molecule has 1 aliphatic heterocycles. The van der Waals surface area contributed by atoms with Crippen molar-refractivity contribution in [3.05, 3.63) is 18.2 Å². The predicted octanol–water partition coefficient (Wildman–Crippen LogP) is 0.991. The molecule has 0 aromatic carbocycles. The fourth-order valence-electron chi connectivity index (χ4n) is 2.33. The van der Waals surface area contributed by atoms with Crippen LogP contribution in [0.15, 0.2) is 12.5 Å². The first-order chi connectivity index (χ1) is 9.66. The molecule has 0 saturated carbocycles. The number of imidazole rings is 1. The average Bonchev–Trinajstić information content (AvgIpc) is 2.77. The smallest absolute Gasteiger partial charge is 0.326 e. The quantitative estimate of drug-likeness (QED) is 0.766. The van der Waals surface area contributed by atoms with Crippen LogP contribution in [0.1, 0.15) is 31.4 Å². The number of aliphatic carboxylic acids is 1. The third-order valence-electron chi connectivity index (χ3n) is 3.47. The molecule has 2 rings (SSSR count). The van der Waals surface area contributed by atoms with Crippen molar-refractivity contribution in [2.75, 3.05) is 13.1 Å². The van der Waals surface area contributed by atoms with Crippen molar-refractivity contribution in [2.24, 2.45) is 0 Å². The Morgan fingerprint density at radius 3 is 2.60 bits per heavy atom. The lowest BCUT2D eigenvalue weighted by atomic mass is 10.1. The summed E-state index contributed by atoms with van der Waals surface area (Å²) in [6.07, 6.45) is 7.46. The zero-order valence-corrected chi connectivity index (χ0v) is 11.3. The molecule has 0 spiro atoms. The van der Waals surface area contributed by atoms with E-state index in [2.05, 4.69) is 15.3 Å². The number of carboxylic acid groups (broad SMARTS) is 1. The Bertz CT molecular complexity index is 438. The number of aromatic amines is 1.